The topological polar surface area (TPSA) is 67.3 Å². The predicted octanol–water partition coefficient (Wildman–Crippen LogP) is 2.45. The van der Waals surface area contributed by atoms with Crippen LogP contribution in [-0.4, -0.2) is 60.2 Å². The molecule has 0 radical (unpaired) electrons. The molecule has 1 amide bonds. The van der Waals surface area contributed by atoms with Crippen LogP contribution in [0.1, 0.15) is 30.3 Å². The maximum Gasteiger partial charge on any atom is 0.246 e. The predicted molar refractivity (Wildman–Crippen MR) is 106 cm³/mol. The van der Waals surface area contributed by atoms with Crippen molar-refractivity contribution in [2.45, 2.75) is 31.7 Å². The Labute approximate surface area is 164 Å². The highest BCUT2D eigenvalue weighted by Gasteiger charge is 2.41. The molecular formula is C20H26N4O2S. The van der Waals surface area contributed by atoms with Gasteiger partial charge in [-0.1, -0.05) is 6.07 Å². The van der Waals surface area contributed by atoms with Crippen LogP contribution in [0.5, 0.6) is 0 Å². The van der Waals surface area contributed by atoms with Crippen molar-refractivity contribution in [3.05, 3.63) is 35.1 Å². The maximum absolute atomic E-state index is 11.7. The SMILES string of the molecule is COCC(=O)NC[C@H]1C[C@@H]2CCN1C[C@H]2c1cc(-c2cccs2)nc(C)n1. The van der Waals surface area contributed by atoms with Crippen molar-refractivity contribution >= 4 is 17.2 Å². The van der Waals surface area contributed by atoms with Crippen LogP contribution in [0.4, 0.5) is 0 Å². The number of aryl methyl sites for hydroxylation is 1. The monoisotopic (exact) mass is 386 g/mol. The molecule has 7 heteroatoms. The first-order chi connectivity index (χ1) is 13.1. The Hall–Kier alpha value is -1.83. The van der Waals surface area contributed by atoms with E-state index < -0.39 is 0 Å². The Kier molecular flexibility index (Phi) is 5.52. The molecule has 0 saturated carbocycles. The van der Waals surface area contributed by atoms with E-state index >= 15 is 0 Å². The van der Waals surface area contributed by atoms with E-state index in [-0.39, 0.29) is 12.5 Å². The Morgan fingerprint density at radius 3 is 3.04 bits per heavy atom. The molecule has 27 heavy (non-hydrogen) atoms. The highest BCUT2D eigenvalue weighted by Crippen LogP contribution is 2.41. The number of thiophene rings is 1. The van der Waals surface area contributed by atoms with Gasteiger partial charge in [0, 0.05) is 37.9 Å². The first-order valence-corrected chi connectivity index (χ1v) is 10.4. The number of hydrogen-bond donors (Lipinski definition) is 1. The van der Waals surface area contributed by atoms with Gasteiger partial charge >= 0.3 is 0 Å². The number of rotatable bonds is 6. The zero-order chi connectivity index (χ0) is 18.8. The minimum absolute atomic E-state index is 0.0382. The number of aromatic nitrogens is 2. The van der Waals surface area contributed by atoms with Crippen molar-refractivity contribution in [2.24, 2.45) is 5.92 Å². The third kappa shape index (κ3) is 4.05. The number of hydrogen-bond acceptors (Lipinski definition) is 6. The third-order valence-corrected chi connectivity index (χ3v) is 6.59. The van der Waals surface area contributed by atoms with Gasteiger partial charge in [0.15, 0.2) is 0 Å². The van der Waals surface area contributed by atoms with Crippen LogP contribution in [0.3, 0.4) is 0 Å². The van der Waals surface area contributed by atoms with Crippen molar-refractivity contribution in [2.75, 3.05) is 33.4 Å². The summed E-state index contributed by atoms with van der Waals surface area (Å²) in [5.74, 6) is 1.87. The van der Waals surface area contributed by atoms with Crippen LogP contribution in [0.25, 0.3) is 10.6 Å². The van der Waals surface area contributed by atoms with Gasteiger partial charge in [0.25, 0.3) is 0 Å². The Balaban J connectivity index is 1.47. The Morgan fingerprint density at radius 1 is 1.44 bits per heavy atom. The van der Waals surface area contributed by atoms with Crippen LogP contribution >= 0.6 is 11.3 Å². The molecule has 1 unspecified atom stereocenters. The number of carbonyl (C=O) groups excluding carboxylic acids is 1. The van der Waals surface area contributed by atoms with Crippen LogP contribution in [0.2, 0.25) is 0 Å². The quantitative estimate of drug-likeness (QED) is 0.826. The van der Waals surface area contributed by atoms with Gasteiger partial charge in [-0.3, -0.25) is 9.69 Å². The number of carbonyl (C=O) groups is 1. The molecule has 0 aliphatic carbocycles. The summed E-state index contributed by atoms with van der Waals surface area (Å²) in [5.41, 5.74) is 2.20. The average molecular weight is 387 g/mol. The summed E-state index contributed by atoms with van der Waals surface area (Å²) in [4.78, 5) is 24.8. The summed E-state index contributed by atoms with van der Waals surface area (Å²) in [6.07, 6.45) is 2.31. The van der Waals surface area contributed by atoms with Crippen molar-refractivity contribution in [1.82, 2.24) is 20.2 Å². The van der Waals surface area contributed by atoms with Gasteiger partial charge in [-0.15, -0.1) is 11.3 Å². The Bertz CT molecular complexity index is 795. The van der Waals surface area contributed by atoms with Crippen molar-refractivity contribution < 1.29 is 9.53 Å². The molecule has 2 aromatic heterocycles. The lowest BCUT2D eigenvalue weighted by Gasteiger charge is -2.49. The number of piperidine rings is 3. The molecule has 6 nitrogen and oxygen atoms in total. The molecule has 3 aliphatic rings. The standard InChI is InChI=1S/C20H26N4O2S/c1-13-22-17(9-18(23-13)19-4-3-7-27-19)16-11-24-6-5-14(16)8-15(24)10-21-20(25)12-26-2/h3-4,7,9,14-16H,5-6,8,10-12H2,1-2H3,(H,21,25)/t14-,15+,16+/m0/s1. The summed E-state index contributed by atoms with van der Waals surface area (Å²) < 4.78 is 4.89. The highest BCUT2D eigenvalue weighted by molar-refractivity contribution is 7.13. The zero-order valence-corrected chi connectivity index (χ0v) is 16.7. The summed E-state index contributed by atoms with van der Waals surface area (Å²) >= 11 is 1.72. The summed E-state index contributed by atoms with van der Waals surface area (Å²) in [6.45, 7) is 4.93. The van der Waals surface area contributed by atoms with Gasteiger partial charge in [-0.25, -0.2) is 9.97 Å². The summed E-state index contributed by atoms with van der Waals surface area (Å²) in [7, 11) is 1.55. The van der Waals surface area contributed by atoms with E-state index in [0.717, 1.165) is 31.0 Å². The highest BCUT2D eigenvalue weighted by atomic mass is 32.1. The largest absolute Gasteiger partial charge is 0.375 e. The molecule has 3 aliphatic heterocycles. The average Bonchev–Trinajstić information content (AvgIpc) is 3.21. The van der Waals surface area contributed by atoms with E-state index in [1.54, 1.807) is 18.4 Å². The molecule has 2 bridgehead atoms. The van der Waals surface area contributed by atoms with E-state index in [2.05, 4.69) is 38.8 Å². The van der Waals surface area contributed by atoms with Gasteiger partial charge in [-0.2, -0.15) is 0 Å². The van der Waals surface area contributed by atoms with Gasteiger partial charge in [0.1, 0.15) is 12.4 Å². The second-order valence-electron chi connectivity index (χ2n) is 7.48. The minimum Gasteiger partial charge on any atom is -0.375 e. The Morgan fingerprint density at radius 2 is 2.33 bits per heavy atom. The number of ether oxygens (including phenoxy) is 1. The number of nitrogens with one attached hydrogen (secondary N) is 1. The first kappa shape index (κ1) is 18.5. The second-order valence-corrected chi connectivity index (χ2v) is 8.43. The van der Waals surface area contributed by atoms with Crippen LogP contribution in [-0.2, 0) is 9.53 Å². The zero-order valence-electron chi connectivity index (χ0n) is 15.9. The molecule has 5 heterocycles. The van der Waals surface area contributed by atoms with Crippen molar-refractivity contribution in [1.29, 1.82) is 0 Å². The van der Waals surface area contributed by atoms with E-state index in [0.29, 0.717) is 24.4 Å². The first-order valence-electron chi connectivity index (χ1n) is 9.53. The van der Waals surface area contributed by atoms with Crippen LogP contribution in [0.15, 0.2) is 23.6 Å². The molecule has 144 valence electrons. The van der Waals surface area contributed by atoms with Crippen molar-refractivity contribution in [3.8, 4) is 10.6 Å². The lowest BCUT2D eigenvalue weighted by molar-refractivity contribution is -0.125. The molecule has 1 N–H and O–H groups in total. The van der Waals surface area contributed by atoms with Gasteiger partial charge in [0.2, 0.25) is 5.91 Å². The molecular weight excluding hydrogens is 360 g/mol. The second kappa shape index (κ2) is 8.04. The fourth-order valence-corrected chi connectivity index (χ4v) is 5.12. The number of amides is 1. The van der Waals surface area contributed by atoms with E-state index in [4.69, 9.17) is 9.72 Å². The summed E-state index contributed by atoms with van der Waals surface area (Å²) in [6, 6.07) is 6.78. The van der Waals surface area contributed by atoms with Crippen LogP contribution in [0, 0.1) is 12.8 Å². The normalized spacial score (nSPS) is 26.9. The molecule has 0 spiro atoms. The molecule has 2 aromatic rings. The lowest BCUT2D eigenvalue weighted by atomic mass is 9.74. The minimum atomic E-state index is -0.0382. The number of fused-ring (bicyclic) bond motifs is 3. The molecule has 3 saturated heterocycles. The molecule has 4 atom stereocenters. The maximum atomic E-state index is 11.7. The van der Waals surface area contributed by atoms with Crippen molar-refractivity contribution in [3.63, 3.8) is 0 Å². The van der Waals surface area contributed by atoms with Gasteiger partial charge in [0.05, 0.1) is 10.6 Å². The molecule has 5 rings (SSSR count). The summed E-state index contributed by atoms with van der Waals surface area (Å²) in [5, 5.41) is 5.09. The third-order valence-electron chi connectivity index (χ3n) is 5.70. The van der Waals surface area contributed by atoms with Gasteiger partial charge < -0.3 is 10.1 Å². The molecule has 3 fully saturated rings. The van der Waals surface area contributed by atoms with E-state index in [1.165, 1.54) is 17.0 Å². The number of methoxy groups -OCH3 is 1. The van der Waals surface area contributed by atoms with Gasteiger partial charge in [-0.05, 0) is 49.7 Å². The number of nitrogens with zero attached hydrogens (tertiary/aromatic N) is 3. The smallest absolute Gasteiger partial charge is 0.246 e. The van der Waals surface area contributed by atoms with E-state index in [1.807, 2.05) is 6.92 Å². The van der Waals surface area contributed by atoms with E-state index in [9.17, 15) is 4.79 Å². The molecule has 0 aromatic carbocycles. The fraction of sp³-hybridized carbons (Fsp3) is 0.550. The van der Waals surface area contributed by atoms with Crippen LogP contribution < -0.4 is 5.32 Å². The fourth-order valence-electron chi connectivity index (χ4n) is 4.43. The lowest BCUT2D eigenvalue weighted by Crippen LogP contribution is -2.56.